The molecule has 1 N–H and O–H groups in total. The van der Waals surface area contributed by atoms with Crippen molar-refractivity contribution in [3.05, 3.63) is 108 Å². The first kappa shape index (κ1) is 20.2. The van der Waals surface area contributed by atoms with Crippen LogP contribution in [0.15, 0.2) is 79.3 Å². The van der Waals surface area contributed by atoms with E-state index in [1.807, 2.05) is 0 Å². The molecule has 0 saturated heterocycles. The quantitative estimate of drug-likeness (QED) is 0.480. The van der Waals surface area contributed by atoms with Crippen LogP contribution >= 0.6 is 0 Å². The molecule has 8 heteroatoms. The molecular weight excluding hydrogens is 402 g/mol. The fraction of sp³-hybridized carbons (Fsp3) is 0.0870. The number of rotatable bonds is 7. The summed E-state index contributed by atoms with van der Waals surface area (Å²) in [6.45, 7) is 0.614. The Bertz CT molecular complexity index is 1190. The first-order chi connectivity index (χ1) is 15.0. The van der Waals surface area contributed by atoms with Gasteiger partial charge in [0.15, 0.2) is 0 Å². The molecular formula is C23H18F2N4O2. The van der Waals surface area contributed by atoms with E-state index in [9.17, 15) is 13.6 Å². The van der Waals surface area contributed by atoms with Gasteiger partial charge >= 0.3 is 0 Å². The molecule has 2 heterocycles. The van der Waals surface area contributed by atoms with Gasteiger partial charge in [0, 0.05) is 18.5 Å². The zero-order valence-electron chi connectivity index (χ0n) is 16.3. The lowest BCUT2D eigenvalue weighted by Gasteiger charge is -2.08. The van der Waals surface area contributed by atoms with E-state index < -0.39 is 5.91 Å². The van der Waals surface area contributed by atoms with Crippen molar-refractivity contribution in [2.24, 2.45) is 0 Å². The summed E-state index contributed by atoms with van der Waals surface area (Å²) in [6, 6.07) is 15.3. The van der Waals surface area contributed by atoms with E-state index in [0.29, 0.717) is 18.0 Å². The molecule has 0 aliphatic rings. The molecule has 1 amide bonds. The van der Waals surface area contributed by atoms with Gasteiger partial charge in [-0.05, 0) is 47.5 Å². The van der Waals surface area contributed by atoms with Gasteiger partial charge in [-0.25, -0.2) is 8.78 Å². The van der Waals surface area contributed by atoms with Crippen LogP contribution in [0.3, 0.4) is 0 Å². The van der Waals surface area contributed by atoms with Crippen LogP contribution in [0.2, 0.25) is 0 Å². The molecule has 2 aromatic carbocycles. The summed E-state index contributed by atoms with van der Waals surface area (Å²) in [5.41, 5.74) is 2.33. The number of amides is 1. The van der Waals surface area contributed by atoms with Gasteiger partial charge in [0.25, 0.3) is 5.91 Å². The van der Waals surface area contributed by atoms with Crippen molar-refractivity contribution in [1.29, 1.82) is 0 Å². The molecule has 0 fully saturated rings. The Morgan fingerprint density at radius 3 is 2.65 bits per heavy atom. The summed E-state index contributed by atoms with van der Waals surface area (Å²) in [5, 5.41) is 6.95. The molecule has 0 atom stereocenters. The zero-order valence-corrected chi connectivity index (χ0v) is 16.3. The van der Waals surface area contributed by atoms with Crippen LogP contribution in [-0.2, 0) is 13.2 Å². The Morgan fingerprint density at radius 1 is 1.00 bits per heavy atom. The highest BCUT2D eigenvalue weighted by Crippen LogP contribution is 2.15. The minimum absolute atomic E-state index is 0.169. The minimum Gasteiger partial charge on any atom is -0.489 e. The van der Waals surface area contributed by atoms with Crippen LogP contribution in [-0.4, -0.2) is 20.7 Å². The molecule has 0 unspecified atom stereocenters. The molecule has 0 radical (unpaired) electrons. The molecule has 0 aliphatic heterocycles. The summed E-state index contributed by atoms with van der Waals surface area (Å²) in [6.07, 6.45) is 4.72. The van der Waals surface area contributed by atoms with Gasteiger partial charge in [-0.15, -0.1) is 0 Å². The van der Waals surface area contributed by atoms with Crippen LogP contribution in [0.5, 0.6) is 5.75 Å². The van der Waals surface area contributed by atoms with E-state index in [1.165, 1.54) is 36.7 Å². The highest BCUT2D eigenvalue weighted by molar-refractivity contribution is 6.02. The molecule has 31 heavy (non-hydrogen) atoms. The second-order valence-corrected chi connectivity index (χ2v) is 6.80. The van der Waals surface area contributed by atoms with Gasteiger partial charge in [0.05, 0.1) is 18.4 Å². The van der Waals surface area contributed by atoms with Crippen LogP contribution in [0.4, 0.5) is 14.5 Å². The molecule has 4 aromatic rings. The lowest BCUT2D eigenvalue weighted by molar-refractivity contribution is 0.102. The summed E-state index contributed by atoms with van der Waals surface area (Å²) in [7, 11) is 0. The molecule has 0 aliphatic carbocycles. The van der Waals surface area contributed by atoms with E-state index in [-0.39, 0.29) is 23.9 Å². The maximum absolute atomic E-state index is 13.2. The SMILES string of the molecule is O=C(Nc1cnn(Cc2ccc(F)cc2)c1)c1cc(COc2cccc(F)c2)ccn1. The Labute approximate surface area is 177 Å². The summed E-state index contributed by atoms with van der Waals surface area (Å²) in [4.78, 5) is 16.6. The normalized spacial score (nSPS) is 10.6. The number of carbonyl (C=O) groups excluding carboxylic acids is 1. The van der Waals surface area contributed by atoms with Crippen LogP contribution < -0.4 is 10.1 Å². The fourth-order valence-corrected chi connectivity index (χ4v) is 2.90. The van der Waals surface area contributed by atoms with Gasteiger partial charge < -0.3 is 10.1 Å². The number of carbonyl (C=O) groups is 1. The van der Waals surface area contributed by atoms with Crippen LogP contribution in [0.25, 0.3) is 0 Å². The predicted octanol–water partition coefficient (Wildman–Crippen LogP) is 4.44. The van der Waals surface area contributed by atoms with Gasteiger partial charge in [0.1, 0.15) is 29.7 Å². The first-order valence-corrected chi connectivity index (χ1v) is 9.47. The number of hydrogen-bond donors (Lipinski definition) is 1. The van der Waals surface area contributed by atoms with Gasteiger partial charge in [0.2, 0.25) is 0 Å². The second-order valence-electron chi connectivity index (χ2n) is 6.80. The average molecular weight is 420 g/mol. The number of nitrogens with one attached hydrogen (secondary N) is 1. The zero-order chi connectivity index (χ0) is 21.6. The number of hydrogen-bond acceptors (Lipinski definition) is 4. The second kappa shape index (κ2) is 9.17. The molecule has 156 valence electrons. The van der Waals surface area contributed by atoms with Gasteiger partial charge in [-0.2, -0.15) is 5.10 Å². The largest absolute Gasteiger partial charge is 0.489 e. The van der Waals surface area contributed by atoms with Crippen molar-refractivity contribution >= 4 is 11.6 Å². The van der Waals surface area contributed by atoms with E-state index >= 15 is 0 Å². The third-order valence-electron chi connectivity index (χ3n) is 4.41. The number of nitrogens with zero attached hydrogens (tertiary/aromatic N) is 3. The number of aromatic nitrogens is 3. The van der Waals surface area contributed by atoms with Crippen LogP contribution in [0.1, 0.15) is 21.6 Å². The van der Waals surface area contributed by atoms with Gasteiger partial charge in [-0.3, -0.25) is 14.5 Å². The van der Waals surface area contributed by atoms with E-state index in [2.05, 4.69) is 15.4 Å². The molecule has 6 nitrogen and oxygen atoms in total. The van der Waals surface area contributed by atoms with Crippen molar-refractivity contribution in [2.45, 2.75) is 13.2 Å². The number of benzene rings is 2. The number of ether oxygens (including phenoxy) is 1. The van der Waals surface area contributed by atoms with Gasteiger partial charge in [-0.1, -0.05) is 18.2 Å². The lowest BCUT2D eigenvalue weighted by atomic mass is 10.2. The summed E-state index contributed by atoms with van der Waals surface area (Å²) in [5.74, 6) is -0.675. The fourth-order valence-electron chi connectivity index (χ4n) is 2.90. The standard InChI is InChI=1S/C23H18F2N4O2/c24-18-6-4-16(5-7-18)13-29-14-20(12-27-29)28-23(30)22-10-17(8-9-26-22)15-31-21-3-1-2-19(25)11-21/h1-12,14H,13,15H2,(H,28,30). The van der Waals surface area contributed by atoms with Crippen molar-refractivity contribution in [1.82, 2.24) is 14.8 Å². The van der Waals surface area contributed by atoms with Crippen molar-refractivity contribution in [3.8, 4) is 5.75 Å². The third-order valence-corrected chi connectivity index (χ3v) is 4.41. The van der Waals surface area contributed by atoms with Crippen molar-refractivity contribution < 1.29 is 18.3 Å². The maximum atomic E-state index is 13.2. The van der Waals surface area contributed by atoms with Crippen molar-refractivity contribution in [2.75, 3.05) is 5.32 Å². The average Bonchev–Trinajstić information content (AvgIpc) is 3.21. The molecule has 0 spiro atoms. The predicted molar refractivity (Wildman–Crippen MR) is 111 cm³/mol. The van der Waals surface area contributed by atoms with Crippen molar-refractivity contribution in [3.63, 3.8) is 0 Å². The highest BCUT2D eigenvalue weighted by Gasteiger charge is 2.11. The molecule has 0 bridgehead atoms. The maximum Gasteiger partial charge on any atom is 0.274 e. The van der Waals surface area contributed by atoms with E-state index in [1.54, 1.807) is 47.3 Å². The minimum atomic E-state index is -0.395. The number of halogens is 2. The highest BCUT2D eigenvalue weighted by atomic mass is 19.1. The summed E-state index contributed by atoms with van der Waals surface area (Å²) >= 11 is 0. The lowest BCUT2D eigenvalue weighted by Crippen LogP contribution is -2.14. The van der Waals surface area contributed by atoms with Crippen LogP contribution in [0, 0.1) is 11.6 Å². The summed E-state index contributed by atoms with van der Waals surface area (Å²) < 4.78 is 33.5. The Morgan fingerprint density at radius 2 is 1.84 bits per heavy atom. The molecule has 2 aromatic heterocycles. The topological polar surface area (TPSA) is 69.0 Å². The monoisotopic (exact) mass is 420 g/mol. The Kier molecular flexibility index (Phi) is 5.98. The molecule has 4 rings (SSSR count). The van der Waals surface area contributed by atoms with E-state index in [4.69, 9.17) is 4.74 Å². The molecule has 0 saturated carbocycles. The van der Waals surface area contributed by atoms with E-state index in [0.717, 1.165) is 11.1 Å². The number of pyridine rings is 1. The Balaban J connectivity index is 1.37. The number of anilines is 1. The Hall–Kier alpha value is -4.07. The smallest absolute Gasteiger partial charge is 0.274 e. The first-order valence-electron chi connectivity index (χ1n) is 9.47. The third kappa shape index (κ3) is 5.51.